The number of fused-ring (bicyclic) bond motifs is 1. The smallest absolute Gasteiger partial charge is 0.269 e. The van der Waals surface area contributed by atoms with E-state index in [9.17, 15) is 22.8 Å². The number of rotatable bonds is 8. The van der Waals surface area contributed by atoms with Gasteiger partial charge in [-0.15, -0.1) is 0 Å². The van der Waals surface area contributed by atoms with E-state index in [-0.39, 0.29) is 35.9 Å². The lowest BCUT2D eigenvalue weighted by Gasteiger charge is -2.33. The fraction of sp³-hybridized carbons (Fsp3) is 0.400. The van der Waals surface area contributed by atoms with Gasteiger partial charge >= 0.3 is 0 Å². The van der Waals surface area contributed by atoms with Gasteiger partial charge in [0, 0.05) is 25.0 Å². The summed E-state index contributed by atoms with van der Waals surface area (Å²) in [6, 6.07) is 10.0. The normalized spacial score (nSPS) is 15.4. The zero-order chi connectivity index (χ0) is 26.8. The zero-order valence-corrected chi connectivity index (χ0v) is 22.9. The number of carbonyl (C=O) groups is 3. The molecule has 3 amide bonds. The first-order valence-electron chi connectivity index (χ1n) is 11.5. The molecule has 1 atom stereocenters. The van der Waals surface area contributed by atoms with Gasteiger partial charge in [-0.1, -0.05) is 48.3 Å². The van der Waals surface area contributed by atoms with Crippen LogP contribution >= 0.6 is 23.2 Å². The van der Waals surface area contributed by atoms with Crippen LogP contribution in [-0.2, 0) is 26.2 Å². The van der Waals surface area contributed by atoms with Gasteiger partial charge in [-0.25, -0.2) is 12.7 Å². The quantitative estimate of drug-likeness (QED) is 0.526. The molecule has 194 valence electrons. The molecule has 2 aromatic carbocycles. The van der Waals surface area contributed by atoms with Gasteiger partial charge in [-0.05, 0) is 57.0 Å². The Morgan fingerprint density at radius 2 is 1.75 bits per heavy atom. The Bertz CT molecular complexity index is 1290. The predicted molar refractivity (Wildman–Crippen MR) is 138 cm³/mol. The minimum absolute atomic E-state index is 0.0483. The Balaban J connectivity index is 1.86. The van der Waals surface area contributed by atoms with Crippen LogP contribution in [0.3, 0.4) is 0 Å². The molecule has 1 N–H and O–H groups in total. The maximum Gasteiger partial charge on any atom is 0.269 e. The summed E-state index contributed by atoms with van der Waals surface area (Å²) in [6.45, 7) is 7.00. The number of hydrogen-bond donors (Lipinski definition) is 1. The molecular weight excluding hydrogens is 525 g/mol. The molecule has 8 nitrogen and oxygen atoms in total. The van der Waals surface area contributed by atoms with Crippen LogP contribution in [-0.4, -0.2) is 53.5 Å². The van der Waals surface area contributed by atoms with Crippen LogP contribution in [0.15, 0.2) is 47.4 Å². The van der Waals surface area contributed by atoms with Crippen molar-refractivity contribution in [2.75, 3.05) is 6.54 Å². The molecule has 1 aliphatic rings. The van der Waals surface area contributed by atoms with Crippen molar-refractivity contribution in [1.82, 2.24) is 14.5 Å². The van der Waals surface area contributed by atoms with E-state index in [1.165, 1.54) is 23.1 Å². The fourth-order valence-electron chi connectivity index (χ4n) is 4.00. The van der Waals surface area contributed by atoms with Crippen molar-refractivity contribution in [3.05, 3.63) is 63.6 Å². The summed E-state index contributed by atoms with van der Waals surface area (Å²) in [6.07, 6.45) is 0.0287. The average molecular weight is 554 g/mol. The molecule has 0 saturated carbocycles. The van der Waals surface area contributed by atoms with E-state index in [1.807, 2.05) is 20.8 Å². The Labute approximate surface area is 221 Å². The standard InChI is InChI=1S/C25H29Cl2N3O5S/c1-5-20(23(32)28-25(2,3)4)29(15-16-10-11-18(26)19(27)14-16)22(31)12-13-30-24(33)17-8-6-7-9-21(17)36(30,34)35/h6-11,14,20H,5,12-13,15H2,1-4H3,(H,28,32)/t20-/m0/s1. The maximum absolute atomic E-state index is 13.5. The molecule has 0 unspecified atom stereocenters. The monoisotopic (exact) mass is 553 g/mol. The molecule has 2 aromatic rings. The summed E-state index contributed by atoms with van der Waals surface area (Å²) < 4.78 is 26.5. The van der Waals surface area contributed by atoms with E-state index in [0.717, 1.165) is 0 Å². The number of benzene rings is 2. The first-order chi connectivity index (χ1) is 16.8. The molecular formula is C25H29Cl2N3O5S. The van der Waals surface area contributed by atoms with Crippen LogP contribution in [0.25, 0.3) is 0 Å². The van der Waals surface area contributed by atoms with Gasteiger partial charge in [-0.2, -0.15) is 0 Å². The number of hydrogen-bond acceptors (Lipinski definition) is 5. The Morgan fingerprint density at radius 3 is 2.33 bits per heavy atom. The SMILES string of the molecule is CC[C@@H](C(=O)NC(C)(C)C)N(Cc1ccc(Cl)c(Cl)c1)C(=O)CCN1C(=O)c2ccccc2S1(=O)=O. The molecule has 1 aliphatic heterocycles. The van der Waals surface area contributed by atoms with Crippen LogP contribution in [0.4, 0.5) is 0 Å². The van der Waals surface area contributed by atoms with Crippen molar-refractivity contribution in [3.8, 4) is 0 Å². The molecule has 3 rings (SSSR count). The molecule has 11 heteroatoms. The van der Waals surface area contributed by atoms with Crippen molar-refractivity contribution in [2.45, 2.75) is 63.6 Å². The van der Waals surface area contributed by atoms with E-state index in [1.54, 1.807) is 31.2 Å². The van der Waals surface area contributed by atoms with Crippen molar-refractivity contribution < 1.29 is 22.8 Å². The number of sulfonamides is 1. The van der Waals surface area contributed by atoms with Crippen molar-refractivity contribution in [3.63, 3.8) is 0 Å². The summed E-state index contributed by atoms with van der Waals surface area (Å²) in [7, 11) is -4.05. The molecule has 36 heavy (non-hydrogen) atoms. The number of nitrogens with zero attached hydrogens (tertiary/aromatic N) is 2. The van der Waals surface area contributed by atoms with E-state index in [0.29, 0.717) is 26.3 Å². The van der Waals surface area contributed by atoms with Crippen molar-refractivity contribution >= 4 is 50.9 Å². The highest BCUT2D eigenvalue weighted by Crippen LogP contribution is 2.30. The van der Waals surface area contributed by atoms with Crippen molar-refractivity contribution in [2.24, 2.45) is 0 Å². The minimum atomic E-state index is -4.05. The van der Waals surface area contributed by atoms with Crippen molar-refractivity contribution in [1.29, 1.82) is 0 Å². The van der Waals surface area contributed by atoms with Crippen LogP contribution in [0.2, 0.25) is 10.0 Å². The number of amides is 3. The molecule has 0 saturated heterocycles. The molecule has 0 fully saturated rings. The number of halogens is 2. The van der Waals surface area contributed by atoms with E-state index < -0.39 is 33.4 Å². The fourth-order valence-corrected chi connectivity index (χ4v) is 5.89. The summed E-state index contributed by atoms with van der Waals surface area (Å²) in [5, 5.41) is 3.56. The van der Waals surface area contributed by atoms with Crippen LogP contribution in [0.1, 0.15) is 56.5 Å². The highest BCUT2D eigenvalue weighted by molar-refractivity contribution is 7.90. The summed E-state index contributed by atoms with van der Waals surface area (Å²) in [5.74, 6) is -1.49. The third-order valence-electron chi connectivity index (χ3n) is 5.66. The van der Waals surface area contributed by atoms with E-state index in [4.69, 9.17) is 23.2 Å². The third kappa shape index (κ3) is 6.02. The lowest BCUT2D eigenvalue weighted by molar-refractivity contribution is -0.142. The Hall–Kier alpha value is -2.62. The molecule has 0 aliphatic carbocycles. The Morgan fingerprint density at radius 1 is 1.08 bits per heavy atom. The maximum atomic E-state index is 13.5. The van der Waals surface area contributed by atoms with Crippen LogP contribution in [0.5, 0.6) is 0 Å². The lowest BCUT2D eigenvalue weighted by atomic mass is 10.1. The molecule has 0 radical (unpaired) electrons. The van der Waals surface area contributed by atoms with Gasteiger partial charge in [0.25, 0.3) is 15.9 Å². The molecule has 0 spiro atoms. The largest absolute Gasteiger partial charge is 0.350 e. The number of nitrogens with one attached hydrogen (secondary N) is 1. The van der Waals surface area contributed by atoms with Gasteiger partial charge in [0.2, 0.25) is 11.8 Å². The predicted octanol–water partition coefficient (Wildman–Crippen LogP) is 4.25. The van der Waals surface area contributed by atoms with Crippen LogP contribution in [0, 0.1) is 0 Å². The topological polar surface area (TPSA) is 104 Å². The highest BCUT2D eigenvalue weighted by atomic mass is 35.5. The number of carbonyl (C=O) groups excluding carboxylic acids is 3. The molecule has 0 bridgehead atoms. The van der Waals surface area contributed by atoms with Gasteiger partial charge in [-0.3, -0.25) is 14.4 Å². The van der Waals surface area contributed by atoms with Gasteiger partial charge in [0.15, 0.2) is 0 Å². The summed E-state index contributed by atoms with van der Waals surface area (Å²) in [5.41, 5.74) is 0.204. The highest BCUT2D eigenvalue weighted by Gasteiger charge is 2.41. The molecule has 1 heterocycles. The second-order valence-corrected chi connectivity index (χ2v) is 12.2. The van der Waals surface area contributed by atoms with Crippen LogP contribution < -0.4 is 5.32 Å². The summed E-state index contributed by atoms with van der Waals surface area (Å²) in [4.78, 5) is 40.6. The minimum Gasteiger partial charge on any atom is -0.350 e. The Kier molecular flexibility index (Phi) is 8.37. The molecule has 0 aromatic heterocycles. The van der Waals surface area contributed by atoms with Gasteiger partial charge < -0.3 is 10.2 Å². The van der Waals surface area contributed by atoms with E-state index in [2.05, 4.69) is 5.32 Å². The van der Waals surface area contributed by atoms with Gasteiger partial charge in [0.1, 0.15) is 10.9 Å². The first-order valence-corrected chi connectivity index (χ1v) is 13.7. The lowest BCUT2D eigenvalue weighted by Crippen LogP contribution is -2.53. The van der Waals surface area contributed by atoms with E-state index >= 15 is 0 Å². The zero-order valence-electron chi connectivity index (χ0n) is 20.5. The second kappa shape index (κ2) is 10.8. The summed E-state index contributed by atoms with van der Waals surface area (Å²) >= 11 is 12.2. The van der Waals surface area contributed by atoms with Gasteiger partial charge in [0.05, 0.1) is 15.6 Å². The first kappa shape index (κ1) is 28.0. The third-order valence-corrected chi connectivity index (χ3v) is 8.24. The second-order valence-electron chi connectivity index (χ2n) is 9.56. The average Bonchev–Trinajstić information content (AvgIpc) is 2.98.